The van der Waals surface area contributed by atoms with Crippen LogP contribution in [0.3, 0.4) is 0 Å². The predicted molar refractivity (Wildman–Crippen MR) is 219 cm³/mol. The second kappa shape index (κ2) is 15.5. The Hall–Kier alpha value is -7.52. The van der Waals surface area contributed by atoms with Gasteiger partial charge >= 0.3 is 5.97 Å². The molecule has 2 aliphatic rings. The van der Waals surface area contributed by atoms with E-state index >= 15 is 0 Å². The van der Waals surface area contributed by atoms with E-state index in [9.17, 15) is 19.5 Å². The summed E-state index contributed by atoms with van der Waals surface area (Å²) in [6.45, 7) is 0.0341. The van der Waals surface area contributed by atoms with Crippen molar-refractivity contribution in [1.29, 1.82) is 0 Å². The molecular formula is C44H38N7O5+. The summed E-state index contributed by atoms with van der Waals surface area (Å²) < 4.78 is 8.37. The first-order valence-corrected chi connectivity index (χ1v) is 17.7. The van der Waals surface area contributed by atoms with Crippen LogP contribution in [0.2, 0.25) is 0 Å². The lowest BCUT2D eigenvalue weighted by atomic mass is 9.89. The van der Waals surface area contributed by atoms with E-state index in [0.29, 0.717) is 55.8 Å². The number of anilines is 4. The molecule has 0 radical (unpaired) electrons. The summed E-state index contributed by atoms with van der Waals surface area (Å²) in [7, 11) is 7.71. The number of hydrogen-bond acceptors (Lipinski definition) is 8. The first kappa shape index (κ1) is 36.8. The molecule has 0 saturated carbocycles. The monoisotopic (exact) mass is 744 g/mol. The Bertz CT molecular complexity index is 2780. The fourth-order valence-electron chi connectivity index (χ4n) is 6.47. The number of aromatic nitrogens is 2. The number of fused-ring (bicyclic) bond motifs is 3. The van der Waals surface area contributed by atoms with Crippen molar-refractivity contribution in [2.75, 3.05) is 50.3 Å². The maximum Gasteiger partial charge on any atom is 0.336 e. The molecule has 2 heterocycles. The average molecular weight is 745 g/mol. The topological polar surface area (TPSA) is 153 Å². The molecule has 0 unspecified atom stereocenters. The highest BCUT2D eigenvalue weighted by molar-refractivity contribution is 6.09. The third-order valence-electron chi connectivity index (χ3n) is 9.35. The van der Waals surface area contributed by atoms with Crippen LogP contribution in [-0.4, -0.2) is 67.6 Å². The van der Waals surface area contributed by atoms with Crippen LogP contribution < -0.4 is 30.8 Å². The van der Waals surface area contributed by atoms with E-state index < -0.39 is 11.9 Å². The summed E-state index contributed by atoms with van der Waals surface area (Å²) >= 11 is 0. The zero-order chi connectivity index (χ0) is 39.5. The van der Waals surface area contributed by atoms with E-state index in [0.717, 1.165) is 22.3 Å². The quantitative estimate of drug-likeness (QED) is 0.0706. The van der Waals surface area contributed by atoms with E-state index in [1.807, 2.05) is 98.3 Å². The van der Waals surface area contributed by atoms with Gasteiger partial charge in [0.15, 0.2) is 0 Å². The summed E-state index contributed by atoms with van der Waals surface area (Å²) in [4.78, 5) is 49.9. The van der Waals surface area contributed by atoms with E-state index in [1.165, 1.54) is 18.5 Å². The molecule has 0 bridgehead atoms. The van der Waals surface area contributed by atoms with Gasteiger partial charge in [-0.05, 0) is 78.4 Å². The molecule has 1 aliphatic carbocycles. The Kier molecular flexibility index (Phi) is 10.2. The Morgan fingerprint density at radius 2 is 1.71 bits per heavy atom. The van der Waals surface area contributed by atoms with Gasteiger partial charge in [0.25, 0.3) is 5.91 Å². The molecule has 0 saturated heterocycles. The number of carboxylic acid groups (broad SMARTS) is 1. The minimum absolute atomic E-state index is 0.0169. The molecule has 12 heteroatoms. The van der Waals surface area contributed by atoms with Crippen LogP contribution in [0, 0.1) is 12.3 Å². The highest BCUT2D eigenvalue weighted by atomic mass is 16.4. The summed E-state index contributed by atoms with van der Waals surface area (Å²) in [5, 5.41) is 21.6. The predicted octanol–water partition coefficient (Wildman–Crippen LogP) is 6.43. The molecule has 5 aromatic rings. The van der Waals surface area contributed by atoms with Gasteiger partial charge in [-0.15, -0.1) is 6.42 Å². The second-order valence-corrected chi connectivity index (χ2v) is 13.6. The van der Waals surface area contributed by atoms with Gasteiger partial charge in [-0.2, -0.15) is 0 Å². The Morgan fingerprint density at radius 3 is 2.48 bits per heavy atom. The normalized spacial score (nSPS) is 10.9. The first-order chi connectivity index (χ1) is 27.0. The van der Waals surface area contributed by atoms with Crippen LogP contribution in [0.15, 0.2) is 108 Å². The molecule has 0 atom stereocenters. The fourth-order valence-corrected chi connectivity index (χ4v) is 6.47. The van der Waals surface area contributed by atoms with Gasteiger partial charge in [0.05, 0.1) is 17.1 Å². The molecule has 7 rings (SSSR count). The van der Waals surface area contributed by atoms with Gasteiger partial charge in [0, 0.05) is 89.3 Å². The van der Waals surface area contributed by atoms with E-state index in [4.69, 9.17) is 10.8 Å². The van der Waals surface area contributed by atoms with Crippen molar-refractivity contribution >= 4 is 62.5 Å². The largest absolute Gasteiger partial charge is 0.478 e. The van der Waals surface area contributed by atoms with E-state index in [-0.39, 0.29) is 30.0 Å². The van der Waals surface area contributed by atoms with Crippen molar-refractivity contribution in [3.63, 3.8) is 0 Å². The minimum atomic E-state index is -1.14. The van der Waals surface area contributed by atoms with E-state index in [2.05, 4.69) is 31.8 Å². The number of amides is 2. The average Bonchev–Trinajstić information content (AvgIpc) is 3.19. The van der Waals surface area contributed by atoms with Gasteiger partial charge in [-0.1, -0.05) is 12.0 Å². The summed E-state index contributed by atoms with van der Waals surface area (Å²) in [5.41, 5.74) is 6.11. The van der Waals surface area contributed by atoms with Crippen LogP contribution >= 0.6 is 0 Å². The maximum absolute atomic E-state index is 13.5. The summed E-state index contributed by atoms with van der Waals surface area (Å²) in [5.74, 6) is 1.81. The number of benzene rings is 5. The number of carbonyl (C=O) groups is 3. The number of hydrogen-bond donors (Lipinski definition) is 4. The third-order valence-corrected chi connectivity index (χ3v) is 9.35. The molecule has 56 heavy (non-hydrogen) atoms. The van der Waals surface area contributed by atoms with Gasteiger partial charge in [-0.25, -0.2) is 19.3 Å². The molecule has 0 fully saturated rings. The molecule has 2 amide bonds. The van der Waals surface area contributed by atoms with Gasteiger partial charge in [0.2, 0.25) is 11.3 Å². The van der Waals surface area contributed by atoms with Gasteiger partial charge in [0.1, 0.15) is 37.6 Å². The molecule has 4 aromatic carbocycles. The van der Waals surface area contributed by atoms with Crippen molar-refractivity contribution < 1.29 is 23.9 Å². The van der Waals surface area contributed by atoms with Gasteiger partial charge in [-0.3, -0.25) is 9.59 Å². The standard InChI is InChI=1S/C44H37N7O5/c1-6-26-8-7-9-28(20-26)49-42-36-22-29(11-17-37(36)46-25-47-42)48-40(52)18-19-45-43(53)27-10-14-32(44(54)55)35(21-27)41-33-15-12-30(50(2)3)23-38(33)56-39-24-31(51(4)5)13-16-34(39)41/h1,7-17,20-25H,18-19H2,2-5H3,(H3-,45,46,47,48,49,52,53,54,55)/p+1. The van der Waals surface area contributed by atoms with Crippen molar-refractivity contribution in [3.8, 4) is 34.8 Å². The molecule has 12 nitrogen and oxygen atoms in total. The smallest absolute Gasteiger partial charge is 0.336 e. The van der Waals surface area contributed by atoms with Gasteiger partial charge < -0.3 is 30.4 Å². The summed E-state index contributed by atoms with van der Waals surface area (Å²) in [6, 6.07) is 28.7. The lowest BCUT2D eigenvalue weighted by molar-refractivity contribution is -0.116. The number of rotatable bonds is 10. The molecule has 0 spiro atoms. The number of terminal acetylenes is 1. The lowest BCUT2D eigenvalue weighted by Crippen LogP contribution is -2.27. The number of nitrogens with zero attached hydrogens (tertiary/aromatic N) is 4. The molecule has 278 valence electrons. The van der Waals surface area contributed by atoms with Crippen LogP contribution in [0.1, 0.15) is 32.7 Å². The van der Waals surface area contributed by atoms with Crippen LogP contribution in [0.25, 0.3) is 44.3 Å². The van der Waals surface area contributed by atoms with Crippen molar-refractivity contribution in [2.24, 2.45) is 0 Å². The summed E-state index contributed by atoms with van der Waals surface area (Å²) in [6.07, 6.45) is 6.99. The van der Waals surface area contributed by atoms with Crippen molar-refractivity contribution in [3.05, 3.63) is 125 Å². The van der Waals surface area contributed by atoms with Crippen LogP contribution in [-0.2, 0) is 4.79 Å². The van der Waals surface area contributed by atoms with Crippen molar-refractivity contribution in [2.45, 2.75) is 6.42 Å². The van der Waals surface area contributed by atoms with Crippen molar-refractivity contribution in [1.82, 2.24) is 19.9 Å². The van der Waals surface area contributed by atoms with E-state index in [1.54, 1.807) is 24.3 Å². The SMILES string of the molecule is C#Cc1cccc(Nc2ncnc3ccc(NC(=O)CCNC(=O)c4ccc(C(=O)O)c(-c5c6ccc(=[N+](C)C)cc-6oc6cc(N(C)C)ccc56)c4)cc23)c1. The number of carboxylic acids is 1. The first-order valence-electron chi connectivity index (χ1n) is 17.7. The number of aromatic carboxylic acids is 1. The Balaban J connectivity index is 1.12. The number of carbonyl (C=O) groups excluding carboxylic acids is 2. The lowest BCUT2D eigenvalue weighted by Gasteiger charge is -2.19. The highest BCUT2D eigenvalue weighted by Gasteiger charge is 2.24. The zero-order valence-electron chi connectivity index (χ0n) is 31.2. The third kappa shape index (κ3) is 7.60. The second-order valence-electron chi connectivity index (χ2n) is 13.6. The number of nitrogens with one attached hydrogen (secondary N) is 3. The van der Waals surface area contributed by atoms with Crippen LogP contribution in [0.5, 0.6) is 0 Å². The zero-order valence-corrected chi connectivity index (χ0v) is 31.2. The Labute approximate surface area is 322 Å². The Morgan fingerprint density at radius 1 is 0.875 bits per heavy atom. The maximum atomic E-state index is 13.5. The minimum Gasteiger partial charge on any atom is -0.478 e. The molecular weight excluding hydrogens is 707 g/mol. The molecule has 1 aromatic heterocycles. The fraction of sp³-hybridized carbons (Fsp3) is 0.136. The highest BCUT2D eigenvalue weighted by Crippen LogP contribution is 2.42. The molecule has 4 N–H and O–H groups in total. The van der Waals surface area contributed by atoms with Crippen LogP contribution in [0.4, 0.5) is 22.9 Å². The molecule has 1 aliphatic heterocycles.